The molecule has 0 spiro atoms. The minimum atomic E-state index is -0.292. The zero-order chi connectivity index (χ0) is 19.4. The van der Waals surface area contributed by atoms with Gasteiger partial charge in [0.05, 0.1) is 11.2 Å². The van der Waals surface area contributed by atoms with E-state index in [2.05, 4.69) is 15.5 Å². The van der Waals surface area contributed by atoms with Gasteiger partial charge in [-0.2, -0.15) is 10.2 Å². The van der Waals surface area contributed by atoms with Crippen molar-refractivity contribution in [1.29, 1.82) is 5.53 Å². The Labute approximate surface area is 157 Å². The summed E-state index contributed by atoms with van der Waals surface area (Å²) < 4.78 is 1.73. The zero-order valence-electron chi connectivity index (χ0n) is 15.4. The Morgan fingerprint density at radius 3 is 2.85 bits per heavy atom. The lowest BCUT2D eigenvalue weighted by Gasteiger charge is -2.20. The van der Waals surface area contributed by atoms with E-state index in [1.54, 1.807) is 22.9 Å². The summed E-state index contributed by atoms with van der Waals surface area (Å²) in [4.78, 5) is 14.7. The summed E-state index contributed by atoms with van der Waals surface area (Å²) in [5, 5.41) is 11.7. The predicted octanol–water partition coefficient (Wildman–Crippen LogP) is 3.27. The number of carbonyl (C=O) groups is 1. The number of nitrogens with zero attached hydrogens (tertiary/aromatic N) is 4. The molecule has 0 radical (unpaired) electrons. The summed E-state index contributed by atoms with van der Waals surface area (Å²) >= 11 is 0. The van der Waals surface area contributed by atoms with Gasteiger partial charge < -0.3 is 16.0 Å². The zero-order valence-corrected chi connectivity index (χ0v) is 15.4. The van der Waals surface area contributed by atoms with Crippen LogP contribution in [-0.4, -0.2) is 35.8 Å². The van der Waals surface area contributed by atoms with E-state index < -0.39 is 0 Å². The molecule has 0 bridgehead atoms. The first-order valence-electron chi connectivity index (χ1n) is 8.71. The van der Waals surface area contributed by atoms with Gasteiger partial charge in [0.25, 0.3) is 5.91 Å². The molecular formula is C19H23N7O. The highest BCUT2D eigenvalue weighted by Gasteiger charge is 2.15. The molecule has 0 saturated heterocycles. The van der Waals surface area contributed by atoms with Crippen molar-refractivity contribution in [2.24, 2.45) is 17.9 Å². The summed E-state index contributed by atoms with van der Waals surface area (Å²) in [5.41, 5.74) is 15.6. The van der Waals surface area contributed by atoms with Gasteiger partial charge in [0, 0.05) is 31.6 Å². The maximum absolute atomic E-state index is 12.7. The fourth-order valence-corrected chi connectivity index (χ4v) is 3.01. The van der Waals surface area contributed by atoms with Gasteiger partial charge in [-0.25, -0.2) is 5.53 Å². The van der Waals surface area contributed by atoms with Crippen molar-refractivity contribution in [2.75, 3.05) is 30.4 Å². The molecule has 3 rings (SSSR count). The smallest absolute Gasteiger partial charge is 0.256 e. The molecule has 2 aromatic carbocycles. The van der Waals surface area contributed by atoms with Crippen molar-refractivity contribution in [3.05, 3.63) is 48.0 Å². The van der Waals surface area contributed by atoms with Crippen LogP contribution in [0.5, 0.6) is 0 Å². The van der Waals surface area contributed by atoms with E-state index in [0.717, 1.165) is 29.6 Å². The molecule has 8 nitrogen and oxygen atoms in total. The van der Waals surface area contributed by atoms with Crippen LogP contribution in [0.4, 0.5) is 17.2 Å². The third-order valence-corrected chi connectivity index (χ3v) is 4.46. The molecule has 1 heterocycles. The Morgan fingerprint density at radius 1 is 1.33 bits per heavy atom. The first-order chi connectivity index (χ1) is 13.0. The molecule has 0 aliphatic carbocycles. The number of aryl methyl sites for hydroxylation is 1. The molecule has 0 atom stereocenters. The summed E-state index contributed by atoms with van der Waals surface area (Å²) in [6.07, 6.45) is 0.836. The van der Waals surface area contributed by atoms with E-state index in [0.29, 0.717) is 23.6 Å². The maximum atomic E-state index is 12.7. The highest BCUT2D eigenvalue weighted by molar-refractivity contribution is 6.08. The lowest BCUT2D eigenvalue weighted by molar-refractivity contribution is 0.102. The van der Waals surface area contributed by atoms with Crippen LogP contribution in [-0.2, 0) is 7.05 Å². The van der Waals surface area contributed by atoms with E-state index >= 15 is 0 Å². The van der Waals surface area contributed by atoms with Crippen LogP contribution in [0.25, 0.3) is 10.9 Å². The lowest BCUT2D eigenvalue weighted by atomic mass is 10.1. The number of para-hydroxylation sites is 1. The Morgan fingerprint density at radius 2 is 2.11 bits per heavy atom. The first-order valence-corrected chi connectivity index (χ1v) is 8.71. The van der Waals surface area contributed by atoms with Gasteiger partial charge in [-0.05, 0) is 43.3 Å². The predicted molar refractivity (Wildman–Crippen MR) is 107 cm³/mol. The number of nitrogens with two attached hydrogens (primary N) is 1. The Balaban J connectivity index is 1.85. The van der Waals surface area contributed by atoms with Crippen molar-refractivity contribution < 1.29 is 4.79 Å². The number of carbonyl (C=O) groups excluding carboxylic acids is 1. The molecule has 0 aliphatic rings. The minimum Gasteiger partial charge on any atom is -0.373 e. The van der Waals surface area contributed by atoms with Crippen LogP contribution in [0, 0.1) is 5.53 Å². The number of rotatable bonds is 7. The number of hydrogen-bond acceptors (Lipinski definition) is 6. The highest BCUT2D eigenvalue weighted by atomic mass is 16.1. The Hall–Kier alpha value is -3.26. The molecule has 1 aromatic heterocycles. The average Bonchev–Trinajstić information content (AvgIpc) is 3.01. The van der Waals surface area contributed by atoms with Crippen molar-refractivity contribution in [3.63, 3.8) is 0 Å². The van der Waals surface area contributed by atoms with Crippen LogP contribution >= 0.6 is 0 Å². The molecule has 140 valence electrons. The summed E-state index contributed by atoms with van der Waals surface area (Å²) in [7, 11) is 3.75. The Kier molecular flexibility index (Phi) is 5.46. The monoisotopic (exact) mass is 365 g/mol. The molecule has 3 aromatic rings. The fourth-order valence-electron chi connectivity index (χ4n) is 3.01. The number of amides is 1. The van der Waals surface area contributed by atoms with E-state index in [-0.39, 0.29) is 5.91 Å². The van der Waals surface area contributed by atoms with Crippen molar-refractivity contribution in [2.45, 2.75) is 6.42 Å². The third kappa shape index (κ3) is 3.80. The fraction of sp³-hybridized carbons (Fsp3) is 0.263. The molecule has 27 heavy (non-hydrogen) atoms. The van der Waals surface area contributed by atoms with E-state index in [1.165, 1.54) is 0 Å². The van der Waals surface area contributed by atoms with Crippen LogP contribution in [0.3, 0.4) is 0 Å². The second-order valence-corrected chi connectivity index (χ2v) is 6.32. The topological polar surface area (TPSA) is 112 Å². The summed E-state index contributed by atoms with van der Waals surface area (Å²) in [6, 6.07) is 12.8. The van der Waals surface area contributed by atoms with Crippen molar-refractivity contribution in [3.8, 4) is 0 Å². The number of hydrogen-bond donors (Lipinski definition) is 3. The van der Waals surface area contributed by atoms with Crippen LogP contribution in [0.1, 0.15) is 16.8 Å². The van der Waals surface area contributed by atoms with Gasteiger partial charge in [0.2, 0.25) is 0 Å². The molecule has 0 aliphatic heterocycles. The summed E-state index contributed by atoms with van der Waals surface area (Å²) in [5.74, 6) is 0.214. The van der Waals surface area contributed by atoms with Gasteiger partial charge in [-0.15, -0.1) is 0 Å². The van der Waals surface area contributed by atoms with Gasteiger partial charge in [0.15, 0.2) is 5.82 Å². The minimum absolute atomic E-state index is 0.292. The summed E-state index contributed by atoms with van der Waals surface area (Å²) in [6.45, 7) is 1.35. The SMILES string of the molecule is CN(CCCN)c1ccc(C(=O)Nc2nn(C)c3ccccc23)cc1N=N. The van der Waals surface area contributed by atoms with Crippen molar-refractivity contribution in [1.82, 2.24) is 9.78 Å². The molecule has 0 fully saturated rings. The quantitative estimate of drug-likeness (QED) is 0.558. The normalized spacial score (nSPS) is 10.8. The largest absolute Gasteiger partial charge is 0.373 e. The van der Waals surface area contributed by atoms with Crippen LogP contribution in [0.15, 0.2) is 47.6 Å². The second-order valence-electron chi connectivity index (χ2n) is 6.32. The van der Waals surface area contributed by atoms with E-state index in [1.807, 2.05) is 43.3 Å². The van der Waals surface area contributed by atoms with Gasteiger partial charge in [0.1, 0.15) is 5.69 Å². The third-order valence-electron chi connectivity index (χ3n) is 4.46. The van der Waals surface area contributed by atoms with Crippen molar-refractivity contribution >= 4 is 34.0 Å². The molecule has 0 unspecified atom stereocenters. The molecular weight excluding hydrogens is 342 g/mol. The van der Waals surface area contributed by atoms with Crippen LogP contribution < -0.4 is 16.0 Å². The van der Waals surface area contributed by atoms with Gasteiger partial charge in [-0.3, -0.25) is 9.48 Å². The second kappa shape index (κ2) is 7.96. The number of benzene rings is 2. The molecule has 4 N–H and O–H groups in total. The number of fused-ring (bicyclic) bond motifs is 1. The van der Waals surface area contributed by atoms with Crippen LogP contribution in [0.2, 0.25) is 0 Å². The molecule has 8 heteroatoms. The Bertz CT molecular complexity index is 979. The molecule has 1 amide bonds. The maximum Gasteiger partial charge on any atom is 0.256 e. The van der Waals surface area contributed by atoms with E-state index in [9.17, 15) is 4.79 Å². The van der Waals surface area contributed by atoms with E-state index in [4.69, 9.17) is 11.3 Å². The standard InChI is InChI=1S/C19H23N7O/c1-25(11-5-10-20)17-9-8-13(12-15(17)23-21)19(27)22-18-14-6-3-4-7-16(14)26(2)24-18/h3-4,6-9,12,21H,5,10-11,20H2,1-2H3,(H,22,24,27). The molecule has 0 saturated carbocycles. The average molecular weight is 365 g/mol. The van der Waals surface area contributed by atoms with Gasteiger partial charge >= 0.3 is 0 Å². The van der Waals surface area contributed by atoms with Gasteiger partial charge in [-0.1, -0.05) is 12.1 Å². The first kappa shape index (κ1) is 18.5. The number of anilines is 2. The number of aromatic nitrogens is 2. The highest BCUT2D eigenvalue weighted by Crippen LogP contribution is 2.30. The number of nitrogens with one attached hydrogen (secondary N) is 2. The lowest BCUT2D eigenvalue weighted by Crippen LogP contribution is -2.21.